The highest BCUT2D eigenvalue weighted by molar-refractivity contribution is 5.84. The Morgan fingerprint density at radius 3 is 1.40 bits per heavy atom. The molecule has 0 aliphatic rings. The van der Waals surface area contributed by atoms with Crippen LogP contribution >= 0.6 is 0 Å². The summed E-state index contributed by atoms with van der Waals surface area (Å²) in [5.41, 5.74) is 0. The van der Waals surface area contributed by atoms with E-state index in [0.717, 1.165) is 38.5 Å². The van der Waals surface area contributed by atoms with Crippen molar-refractivity contribution in [3.05, 3.63) is 0 Å². The van der Waals surface area contributed by atoms with Gasteiger partial charge in [-0.3, -0.25) is 24.0 Å². The second-order valence-corrected chi connectivity index (χ2v) is 13.5. The highest BCUT2D eigenvalue weighted by atomic mass is 16.5. The van der Waals surface area contributed by atoms with Crippen molar-refractivity contribution >= 4 is 35.4 Å². The lowest BCUT2D eigenvalue weighted by molar-refractivity contribution is -0.142. The van der Waals surface area contributed by atoms with Gasteiger partial charge in [0.1, 0.15) is 19.3 Å². The number of nitrogens with one attached hydrogen (secondary N) is 3. The smallest absolute Gasteiger partial charge is 0.326 e. The summed E-state index contributed by atoms with van der Waals surface area (Å²) in [7, 11) is 0. The number of aliphatic carboxylic acids is 2. The molecular weight excluding hydrogens is 690 g/mol. The first-order valence-electron chi connectivity index (χ1n) is 19.6. The zero-order valence-corrected chi connectivity index (χ0v) is 32.4. The van der Waals surface area contributed by atoms with Crippen LogP contribution in [-0.2, 0) is 47.7 Å². The third-order valence-corrected chi connectivity index (χ3v) is 8.34. The summed E-state index contributed by atoms with van der Waals surface area (Å²) in [5.74, 6) is -2.87. The maximum absolute atomic E-state index is 12.3. The first-order valence-corrected chi connectivity index (χ1v) is 19.6. The number of ketones is 1. The van der Waals surface area contributed by atoms with Crippen LogP contribution in [0.2, 0.25) is 0 Å². The van der Waals surface area contributed by atoms with Crippen LogP contribution in [-0.4, -0.2) is 118 Å². The van der Waals surface area contributed by atoms with E-state index >= 15 is 0 Å². The number of unbranched alkanes of at least 4 members (excludes halogenated alkanes) is 13. The Hall–Kier alpha value is -3.14. The molecule has 0 rings (SSSR count). The molecule has 1 atom stereocenters. The molecule has 0 aliphatic heterocycles. The zero-order valence-electron chi connectivity index (χ0n) is 32.4. The lowest BCUT2D eigenvalue weighted by Gasteiger charge is -2.14. The van der Waals surface area contributed by atoms with Crippen LogP contribution in [0, 0.1) is 5.92 Å². The maximum Gasteiger partial charge on any atom is 0.326 e. The standard InChI is InChI=1S/C38H69N3O12/c1-31(2)33(42)29-52-27-25-51-24-22-40-36(45)30-53-28-26-50-23-21-39-34(43)20-19-32(38(48)49)41-35(44)17-15-13-11-9-7-5-3-4-6-8-10-12-14-16-18-37(46)47/h31-32H,3-30H2,1-2H3,(H,39,43)(H,40,45)(H,41,44)(H,46,47)(H,48,49)/t32-/m0/s1. The molecule has 5 N–H and O–H groups in total. The zero-order chi connectivity index (χ0) is 39.4. The van der Waals surface area contributed by atoms with Crippen molar-refractivity contribution in [3.63, 3.8) is 0 Å². The van der Waals surface area contributed by atoms with Crippen molar-refractivity contribution in [3.8, 4) is 0 Å². The van der Waals surface area contributed by atoms with Gasteiger partial charge in [-0.15, -0.1) is 0 Å². The molecule has 0 aromatic rings. The van der Waals surface area contributed by atoms with Gasteiger partial charge in [-0.2, -0.15) is 0 Å². The fraction of sp³-hybridized carbons (Fsp3) is 0.842. The molecule has 0 fully saturated rings. The number of rotatable bonds is 39. The van der Waals surface area contributed by atoms with E-state index in [-0.39, 0.29) is 94.7 Å². The van der Waals surface area contributed by atoms with Gasteiger partial charge in [0.2, 0.25) is 17.7 Å². The van der Waals surface area contributed by atoms with E-state index < -0.39 is 18.0 Å². The molecule has 53 heavy (non-hydrogen) atoms. The first-order chi connectivity index (χ1) is 25.5. The van der Waals surface area contributed by atoms with Gasteiger partial charge < -0.3 is 45.1 Å². The van der Waals surface area contributed by atoms with Gasteiger partial charge in [-0.1, -0.05) is 90.9 Å². The number of ether oxygens (including phenoxy) is 4. The van der Waals surface area contributed by atoms with Gasteiger partial charge in [-0.25, -0.2) is 4.79 Å². The minimum Gasteiger partial charge on any atom is -0.481 e. The molecule has 0 saturated carbocycles. The summed E-state index contributed by atoms with van der Waals surface area (Å²) in [4.78, 5) is 69.8. The van der Waals surface area contributed by atoms with E-state index in [0.29, 0.717) is 32.8 Å². The average Bonchev–Trinajstić information content (AvgIpc) is 3.11. The van der Waals surface area contributed by atoms with Crippen LogP contribution in [0.5, 0.6) is 0 Å². The number of hydrogen-bond acceptors (Lipinski definition) is 10. The van der Waals surface area contributed by atoms with Crippen LogP contribution in [0.1, 0.15) is 129 Å². The molecule has 0 radical (unpaired) electrons. The third kappa shape index (κ3) is 35.6. The molecule has 0 spiro atoms. The van der Waals surface area contributed by atoms with Crippen LogP contribution in [0.25, 0.3) is 0 Å². The molecule has 0 bridgehead atoms. The largest absolute Gasteiger partial charge is 0.481 e. The highest BCUT2D eigenvalue weighted by Gasteiger charge is 2.20. The Balaban J connectivity index is 3.66. The highest BCUT2D eigenvalue weighted by Crippen LogP contribution is 2.14. The Morgan fingerprint density at radius 2 is 0.925 bits per heavy atom. The van der Waals surface area contributed by atoms with E-state index in [2.05, 4.69) is 16.0 Å². The maximum atomic E-state index is 12.3. The summed E-state index contributed by atoms with van der Waals surface area (Å²) in [6.45, 7) is 5.66. The van der Waals surface area contributed by atoms with Crippen LogP contribution in [0.15, 0.2) is 0 Å². The van der Waals surface area contributed by atoms with Gasteiger partial charge in [0.05, 0.1) is 39.6 Å². The molecule has 308 valence electrons. The summed E-state index contributed by atoms with van der Waals surface area (Å²) < 4.78 is 21.2. The second kappa shape index (κ2) is 35.9. The SMILES string of the molecule is CC(C)C(=O)COCCOCCNC(=O)COCCOCCNC(=O)CC[C@H](NC(=O)CCCCCCCCCCCCCCCCC(=O)O)C(=O)O. The van der Waals surface area contributed by atoms with Crippen molar-refractivity contribution in [2.45, 2.75) is 135 Å². The van der Waals surface area contributed by atoms with Gasteiger partial charge >= 0.3 is 11.9 Å². The molecule has 0 aliphatic carbocycles. The quantitative estimate of drug-likeness (QED) is 0.0558. The van der Waals surface area contributed by atoms with E-state index in [9.17, 15) is 33.9 Å². The number of carbonyl (C=O) groups excluding carboxylic acids is 4. The van der Waals surface area contributed by atoms with E-state index in [1.165, 1.54) is 44.9 Å². The fourth-order valence-corrected chi connectivity index (χ4v) is 5.09. The summed E-state index contributed by atoms with van der Waals surface area (Å²) in [5, 5.41) is 26.0. The van der Waals surface area contributed by atoms with Crippen LogP contribution in [0.4, 0.5) is 0 Å². The van der Waals surface area contributed by atoms with E-state index in [1.54, 1.807) is 0 Å². The Bertz CT molecular complexity index is 995. The normalized spacial score (nSPS) is 11.7. The number of carbonyl (C=O) groups is 6. The number of amides is 3. The Morgan fingerprint density at radius 1 is 0.491 bits per heavy atom. The van der Waals surface area contributed by atoms with Gasteiger partial charge in [-0.05, 0) is 19.3 Å². The molecular formula is C38H69N3O12. The molecule has 0 saturated heterocycles. The topological polar surface area (TPSA) is 216 Å². The van der Waals surface area contributed by atoms with Gasteiger partial charge in [0.15, 0.2) is 5.78 Å². The summed E-state index contributed by atoms with van der Waals surface area (Å²) in [6.07, 6.45) is 15.6. The minimum atomic E-state index is -1.18. The minimum absolute atomic E-state index is 0.0163. The van der Waals surface area contributed by atoms with Crippen LogP contribution < -0.4 is 16.0 Å². The van der Waals surface area contributed by atoms with Crippen molar-refractivity contribution in [1.82, 2.24) is 16.0 Å². The molecule has 3 amide bonds. The number of carboxylic acid groups (broad SMARTS) is 2. The van der Waals surface area contributed by atoms with Crippen molar-refractivity contribution in [1.29, 1.82) is 0 Å². The lowest BCUT2D eigenvalue weighted by atomic mass is 10.0. The number of carboxylic acids is 2. The number of Topliss-reactive ketones (excluding diaryl/α,β-unsaturated/α-hetero) is 1. The molecule has 0 aromatic heterocycles. The second-order valence-electron chi connectivity index (χ2n) is 13.5. The third-order valence-electron chi connectivity index (χ3n) is 8.34. The Labute approximate surface area is 316 Å². The summed E-state index contributed by atoms with van der Waals surface area (Å²) in [6, 6.07) is -1.13. The van der Waals surface area contributed by atoms with Crippen molar-refractivity contribution in [2.24, 2.45) is 5.92 Å². The summed E-state index contributed by atoms with van der Waals surface area (Å²) >= 11 is 0. The van der Waals surface area contributed by atoms with E-state index in [1.807, 2.05) is 13.8 Å². The van der Waals surface area contributed by atoms with Crippen molar-refractivity contribution < 1.29 is 57.9 Å². The first kappa shape index (κ1) is 49.9. The number of hydrogen-bond donors (Lipinski definition) is 5. The fourth-order valence-electron chi connectivity index (χ4n) is 5.09. The Kier molecular flexibility index (Phi) is 33.7. The predicted molar refractivity (Wildman–Crippen MR) is 199 cm³/mol. The molecule has 0 unspecified atom stereocenters. The monoisotopic (exact) mass is 759 g/mol. The van der Waals surface area contributed by atoms with Crippen molar-refractivity contribution in [2.75, 3.05) is 65.9 Å². The van der Waals surface area contributed by atoms with E-state index in [4.69, 9.17) is 24.1 Å². The van der Waals surface area contributed by atoms with Gasteiger partial charge in [0.25, 0.3) is 0 Å². The average molecular weight is 760 g/mol. The van der Waals surface area contributed by atoms with Gasteiger partial charge in [0, 0.05) is 38.3 Å². The molecule has 0 heterocycles. The van der Waals surface area contributed by atoms with Crippen LogP contribution in [0.3, 0.4) is 0 Å². The lowest BCUT2D eigenvalue weighted by Crippen LogP contribution is -2.41. The molecule has 0 aromatic carbocycles. The predicted octanol–water partition coefficient (Wildman–Crippen LogP) is 4.19. The molecule has 15 heteroatoms. The molecule has 15 nitrogen and oxygen atoms in total.